The highest BCUT2D eigenvalue weighted by molar-refractivity contribution is 5.96. The Morgan fingerprint density at radius 1 is 1.04 bits per heavy atom. The first kappa shape index (κ1) is 20.2. The summed E-state index contributed by atoms with van der Waals surface area (Å²) in [6.45, 7) is 6.70. The van der Waals surface area contributed by atoms with Gasteiger partial charge in [0, 0.05) is 19.2 Å². The van der Waals surface area contributed by atoms with Crippen LogP contribution in [0.15, 0.2) is 48.5 Å². The van der Waals surface area contributed by atoms with Crippen LogP contribution in [0.4, 0.5) is 0 Å². The molecule has 2 aromatic rings. The molecule has 2 aromatic carbocycles. The molecule has 0 fully saturated rings. The molecule has 0 aliphatic rings. The van der Waals surface area contributed by atoms with Crippen molar-refractivity contribution in [2.24, 2.45) is 0 Å². The standard InChI is InChI=1S/C22H25N3O2/c1-22(2,3)19-11-9-18(10-12-19)21(27)24-14-20(26)25(4)15-17-7-5-16(13-23)6-8-17/h5-12H,14-15H2,1-4H3,(H,24,27). The van der Waals surface area contributed by atoms with Crippen LogP contribution in [-0.4, -0.2) is 30.3 Å². The van der Waals surface area contributed by atoms with E-state index in [1.807, 2.05) is 24.3 Å². The van der Waals surface area contributed by atoms with Gasteiger partial charge in [-0.2, -0.15) is 5.26 Å². The summed E-state index contributed by atoms with van der Waals surface area (Å²) in [5.41, 5.74) is 3.22. The minimum absolute atomic E-state index is 0.0269. The summed E-state index contributed by atoms with van der Waals surface area (Å²) in [6, 6.07) is 16.6. The molecular weight excluding hydrogens is 338 g/mol. The molecule has 0 aliphatic carbocycles. The summed E-state index contributed by atoms with van der Waals surface area (Å²) in [7, 11) is 1.69. The van der Waals surface area contributed by atoms with Gasteiger partial charge in [0.1, 0.15) is 0 Å². The van der Waals surface area contributed by atoms with Crippen LogP contribution in [0, 0.1) is 11.3 Å². The number of nitriles is 1. The molecule has 0 bridgehead atoms. The van der Waals surface area contributed by atoms with E-state index < -0.39 is 0 Å². The highest BCUT2D eigenvalue weighted by Crippen LogP contribution is 2.22. The molecule has 5 heteroatoms. The molecule has 0 saturated carbocycles. The lowest BCUT2D eigenvalue weighted by Crippen LogP contribution is -2.37. The van der Waals surface area contributed by atoms with Gasteiger partial charge in [-0.15, -0.1) is 0 Å². The van der Waals surface area contributed by atoms with Gasteiger partial charge in [0.2, 0.25) is 5.91 Å². The van der Waals surface area contributed by atoms with Gasteiger partial charge in [0.15, 0.2) is 0 Å². The largest absolute Gasteiger partial charge is 0.343 e. The number of rotatable bonds is 5. The third kappa shape index (κ3) is 5.68. The monoisotopic (exact) mass is 363 g/mol. The van der Waals surface area contributed by atoms with Crippen LogP contribution in [-0.2, 0) is 16.8 Å². The second-order valence-electron chi connectivity index (χ2n) is 7.57. The third-order valence-electron chi connectivity index (χ3n) is 4.34. The summed E-state index contributed by atoms with van der Waals surface area (Å²) >= 11 is 0. The molecule has 0 radical (unpaired) electrons. The Kier molecular flexibility index (Phi) is 6.36. The fraction of sp³-hybridized carbons (Fsp3) is 0.318. The molecule has 2 amide bonds. The number of carbonyl (C=O) groups excluding carboxylic acids is 2. The first-order valence-corrected chi connectivity index (χ1v) is 8.82. The Bertz CT molecular complexity index is 841. The fourth-order valence-electron chi connectivity index (χ4n) is 2.56. The Morgan fingerprint density at radius 3 is 2.15 bits per heavy atom. The Balaban J connectivity index is 1.88. The van der Waals surface area contributed by atoms with Crippen molar-refractivity contribution in [3.05, 3.63) is 70.8 Å². The average Bonchev–Trinajstić information content (AvgIpc) is 2.65. The van der Waals surface area contributed by atoms with Gasteiger partial charge in [-0.1, -0.05) is 45.0 Å². The van der Waals surface area contributed by atoms with Crippen LogP contribution in [0.25, 0.3) is 0 Å². The zero-order valence-electron chi connectivity index (χ0n) is 16.2. The second-order valence-corrected chi connectivity index (χ2v) is 7.57. The average molecular weight is 363 g/mol. The lowest BCUT2D eigenvalue weighted by atomic mass is 9.87. The molecule has 2 rings (SSSR count). The topological polar surface area (TPSA) is 73.2 Å². The molecule has 5 nitrogen and oxygen atoms in total. The minimum Gasteiger partial charge on any atom is -0.343 e. The van der Waals surface area contributed by atoms with Gasteiger partial charge in [0.05, 0.1) is 18.2 Å². The zero-order valence-corrected chi connectivity index (χ0v) is 16.2. The SMILES string of the molecule is CN(Cc1ccc(C#N)cc1)C(=O)CNC(=O)c1ccc(C(C)(C)C)cc1. The number of nitrogens with zero attached hydrogens (tertiary/aromatic N) is 2. The molecule has 0 aliphatic heterocycles. The first-order valence-electron chi connectivity index (χ1n) is 8.82. The number of hydrogen-bond acceptors (Lipinski definition) is 3. The van der Waals surface area contributed by atoms with E-state index in [1.165, 1.54) is 0 Å². The van der Waals surface area contributed by atoms with Gasteiger partial charge in [-0.05, 0) is 40.8 Å². The lowest BCUT2D eigenvalue weighted by Gasteiger charge is -2.19. The van der Waals surface area contributed by atoms with Crippen LogP contribution in [0.1, 0.15) is 47.8 Å². The van der Waals surface area contributed by atoms with E-state index in [-0.39, 0.29) is 23.8 Å². The molecule has 0 aromatic heterocycles. The molecule has 0 saturated heterocycles. The van der Waals surface area contributed by atoms with Crippen LogP contribution in [0.5, 0.6) is 0 Å². The maximum atomic E-state index is 12.3. The van der Waals surface area contributed by atoms with E-state index in [9.17, 15) is 9.59 Å². The molecule has 140 valence electrons. The molecule has 1 N–H and O–H groups in total. The van der Waals surface area contributed by atoms with Gasteiger partial charge in [-0.25, -0.2) is 0 Å². The number of amides is 2. The van der Waals surface area contributed by atoms with Crippen molar-refractivity contribution in [2.75, 3.05) is 13.6 Å². The van der Waals surface area contributed by atoms with Gasteiger partial charge in [0.25, 0.3) is 5.91 Å². The number of benzene rings is 2. The Morgan fingerprint density at radius 2 is 1.63 bits per heavy atom. The van der Waals surface area contributed by atoms with E-state index in [2.05, 4.69) is 32.2 Å². The van der Waals surface area contributed by atoms with Crippen LogP contribution >= 0.6 is 0 Å². The fourth-order valence-corrected chi connectivity index (χ4v) is 2.56. The summed E-state index contributed by atoms with van der Waals surface area (Å²) in [5, 5.41) is 11.5. The Hall–Kier alpha value is -3.13. The smallest absolute Gasteiger partial charge is 0.251 e. The van der Waals surface area contributed by atoms with Crippen molar-refractivity contribution in [2.45, 2.75) is 32.7 Å². The molecule has 0 atom stereocenters. The predicted octanol–water partition coefficient (Wildman–Crippen LogP) is 3.24. The molecule has 0 unspecified atom stereocenters. The van der Waals surface area contributed by atoms with Crippen molar-refractivity contribution in [1.29, 1.82) is 5.26 Å². The van der Waals surface area contributed by atoms with Crippen LogP contribution in [0.2, 0.25) is 0 Å². The van der Waals surface area contributed by atoms with Crippen LogP contribution in [0.3, 0.4) is 0 Å². The van der Waals surface area contributed by atoms with E-state index in [0.29, 0.717) is 17.7 Å². The number of nitrogens with one attached hydrogen (secondary N) is 1. The maximum absolute atomic E-state index is 12.3. The van der Waals surface area contributed by atoms with Crippen molar-refractivity contribution in [3.63, 3.8) is 0 Å². The quantitative estimate of drug-likeness (QED) is 0.886. The predicted molar refractivity (Wildman–Crippen MR) is 105 cm³/mol. The van der Waals surface area contributed by atoms with E-state index in [4.69, 9.17) is 5.26 Å². The highest BCUT2D eigenvalue weighted by Gasteiger charge is 2.15. The van der Waals surface area contributed by atoms with Crippen molar-refractivity contribution in [1.82, 2.24) is 10.2 Å². The summed E-state index contributed by atoms with van der Waals surface area (Å²) in [4.78, 5) is 26.0. The summed E-state index contributed by atoms with van der Waals surface area (Å²) < 4.78 is 0. The second kappa shape index (κ2) is 8.50. The Labute approximate surface area is 160 Å². The van der Waals surface area contributed by atoms with Crippen molar-refractivity contribution in [3.8, 4) is 6.07 Å². The van der Waals surface area contributed by atoms with E-state index in [1.54, 1.807) is 36.2 Å². The number of hydrogen-bond donors (Lipinski definition) is 1. The zero-order chi connectivity index (χ0) is 20.0. The minimum atomic E-state index is -0.268. The van der Waals surface area contributed by atoms with E-state index >= 15 is 0 Å². The molecule has 0 heterocycles. The van der Waals surface area contributed by atoms with Gasteiger partial charge in [-0.3, -0.25) is 9.59 Å². The summed E-state index contributed by atoms with van der Waals surface area (Å²) in [6.07, 6.45) is 0. The lowest BCUT2D eigenvalue weighted by molar-refractivity contribution is -0.129. The number of carbonyl (C=O) groups is 2. The van der Waals surface area contributed by atoms with Crippen molar-refractivity contribution < 1.29 is 9.59 Å². The third-order valence-corrected chi connectivity index (χ3v) is 4.34. The molecule has 0 spiro atoms. The van der Waals surface area contributed by atoms with Gasteiger partial charge >= 0.3 is 0 Å². The van der Waals surface area contributed by atoms with Crippen molar-refractivity contribution >= 4 is 11.8 Å². The normalized spacial score (nSPS) is 10.8. The molecule has 27 heavy (non-hydrogen) atoms. The molecular formula is C22H25N3O2. The van der Waals surface area contributed by atoms with E-state index in [0.717, 1.165) is 11.1 Å². The van der Waals surface area contributed by atoms with Gasteiger partial charge < -0.3 is 10.2 Å². The maximum Gasteiger partial charge on any atom is 0.251 e. The highest BCUT2D eigenvalue weighted by atomic mass is 16.2. The number of likely N-dealkylation sites (N-methyl/N-ethyl adjacent to an activating group) is 1. The van der Waals surface area contributed by atoms with Crippen LogP contribution < -0.4 is 5.32 Å². The summed E-state index contributed by atoms with van der Waals surface area (Å²) in [5.74, 6) is -0.449. The first-order chi connectivity index (χ1) is 12.7.